The molecule has 0 spiro atoms. The SMILES string of the molecule is C[C@H](CCC(=O)NCCC[N+](C)(C)CCCS(=O)(=O)[O-])[C@H]1CC[C@H]2[C@@H]3[C@H](O)C[C@]4(C)C[C@H](O)CC[C@]4(C)[C@H]3C[C@H](O)[C@]12C. The molecule has 43 heavy (non-hydrogen) atoms. The number of nitrogens with zero attached hydrogens (tertiary/aromatic N) is 1. The van der Waals surface area contributed by atoms with Gasteiger partial charge < -0.3 is 29.7 Å². The monoisotopic (exact) mass is 628 g/mol. The maximum atomic E-state index is 12.7. The van der Waals surface area contributed by atoms with Crippen LogP contribution in [0.4, 0.5) is 0 Å². The molecule has 0 bridgehead atoms. The normalized spacial score (nSPS) is 42.0. The predicted octanol–water partition coefficient (Wildman–Crippen LogP) is 3.27. The van der Waals surface area contributed by atoms with Crippen molar-refractivity contribution in [2.45, 2.75) is 117 Å². The van der Waals surface area contributed by atoms with Gasteiger partial charge in [0.05, 0.1) is 55.6 Å². The third-order valence-electron chi connectivity index (χ3n) is 13.4. The van der Waals surface area contributed by atoms with Gasteiger partial charge in [0, 0.05) is 31.6 Å². The van der Waals surface area contributed by atoms with Gasteiger partial charge in [0.1, 0.15) is 0 Å². The minimum absolute atomic E-state index is 0.00583. The number of carbonyl (C=O) groups excluding carboxylic acids is 1. The second-order valence-electron chi connectivity index (χ2n) is 16.5. The maximum Gasteiger partial charge on any atom is 0.220 e. The summed E-state index contributed by atoms with van der Waals surface area (Å²) in [4.78, 5) is 12.7. The van der Waals surface area contributed by atoms with Gasteiger partial charge in [-0.15, -0.1) is 0 Å². The van der Waals surface area contributed by atoms with Gasteiger partial charge in [0.25, 0.3) is 0 Å². The number of hydrogen-bond donors (Lipinski definition) is 4. The van der Waals surface area contributed by atoms with E-state index in [4.69, 9.17) is 0 Å². The molecule has 0 aromatic carbocycles. The van der Waals surface area contributed by atoms with Crippen LogP contribution >= 0.6 is 0 Å². The summed E-state index contributed by atoms with van der Waals surface area (Å²) >= 11 is 0. The molecule has 0 aliphatic heterocycles. The zero-order chi connectivity index (χ0) is 32.0. The Labute approximate surface area is 260 Å². The Morgan fingerprint density at radius 1 is 1.02 bits per heavy atom. The summed E-state index contributed by atoms with van der Waals surface area (Å²) in [7, 11) is -0.179. The van der Waals surface area contributed by atoms with Gasteiger partial charge in [0.2, 0.25) is 5.91 Å². The Kier molecular flexibility index (Phi) is 10.4. The third kappa shape index (κ3) is 7.14. The quantitative estimate of drug-likeness (QED) is 0.147. The van der Waals surface area contributed by atoms with Crippen molar-refractivity contribution < 1.29 is 37.6 Å². The Bertz CT molecular complexity index is 1100. The summed E-state index contributed by atoms with van der Waals surface area (Å²) in [6, 6.07) is 0. The molecule has 0 unspecified atom stereocenters. The molecular formula is C33H60N2O7S. The van der Waals surface area contributed by atoms with Crippen molar-refractivity contribution >= 4 is 16.0 Å². The van der Waals surface area contributed by atoms with Gasteiger partial charge in [-0.05, 0) is 97.2 Å². The Balaban J connectivity index is 1.29. The lowest BCUT2D eigenvalue weighted by molar-refractivity contribution is -0.890. The molecule has 4 aliphatic carbocycles. The first-order valence-electron chi connectivity index (χ1n) is 16.9. The molecule has 9 nitrogen and oxygen atoms in total. The van der Waals surface area contributed by atoms with Crippen LogP contribution in [-0.4, -0.2) is 96.5 Å². The number of fused-ring (bicyclic) bond motifs is 5. The molecule has 0 radical (unpaired) electrons. The second-order valence-corrected chi connectivity index (χ2v) is 18.0. The fourth-order valence-corrected chi connectivity index (χ4v) is 11.2. The molecule has 0 aromatic heterocycles. The molecule has 4 aliphatic rings. The van der Waals surface area contributed by atoms with Crippen LogP contribution in [0.3, 0.4) is 0 Å². The summed E-state index contributed by atoms with van der Waals surface area (Å²) in [5, 5.41) is 37.0. The second kappa shape index (κ2) is 12.8. The summed E-state index contributed by atoms with van der Waals surface area (Å²) < 4.78 is 33.2. The van der Waals surface area contributed by atoms with E-state index < -0.39 is 22.3 Å². The Hall–Kier alpha value is -0.780. The maximum absolute atomic E-state index is 12.7. The molecule has 0 heterocycles. The third-order valence-corrected chi connectivity index (χ3v) is 14.2. The molecule has 4 N–H and O–H groups in total. The number of rotatable bonds is 12. The van der Waals surface area contributed by atoms with Crippen LogP contribution in [-0.2, 0) is 14.9 Å². The van der Waals surface area contributed by atoms with Gasteiger partial charge in [-0.1, -0.05) is 27.7 Å². The Morgan fingerprint density at radius 3 is 2.37 bits per heavy atom. The highest BCUT2D eigenvalue weighted by Crippen LogP contribution is 2.71. The number of nitrogens with one attached hydrogen (secondary N) is 1. The standard InChI is InChI=1S/C33H60N2O7S/c1-22(9-12-29(39)34-15-7-16-35(5,6)17-8-18-43(40,41)42)24-10-11-25-30-26(19-28(38)33(24,25)4)32(3)14-13-23(36)20-31(32,2)21-27(30)37/h22-28,30,36-38H,7-21H2,1-6H3,(H-,34,39,40,41,42)/t22-,23-,24-,25+,26+,27-,28+,30+,31+,32-,33-/m1/s1. The van der Waals surface area contributed by atoms with Crippen LogP contribution in [0.1, 0.15) is 98.3 Å². The summed E-state index contributed by atoms with van der Waals surface area (Å²) in [6.07, 6.45) is 7.12. The zero-order valence-corrected chi connectivity index (χ0v) is 28.4. The number of aliphatic hydroxyl groups is 3. The molecule has 0 saturated heterocycles. The average Bonchev–Trinajstić information content (AvgIpc) is 3.24. The molecule has 0 aromatic rings. The fourth-order valence-electron chi connectivity index (χ4n) is 10.7. The van der Waals surface area contributed by atoms with E-state index in [1.807, 2.05) is 14.1 Å². The largest absolute Gasteiger partial charge is 0.748 e. The van der Waals surface area contributed by atoms with Crippen molar-refractivity contribution in [2.75, 3.05) is 39.5 Å². The van der Waals surface area contributed by atoms with E-state index in [2.05, 4.69) is 33.0 Å². The van der Waals surface area contributed by atoms with E-state index in [1.165, 1.54) is 0 Å². The smallest absolute Gasteiger partial charge is 0.220 e. The van der Waals surface area contributed by atoms with E-state index in [-0.39, 0.29) is 57.7 Å². The molecule has 4 saturated carbocycles. The average molecular weight is 629 g/mol. The zero-order valence-electron chi connectivity index (χ0n) is 27.6. The highest BCUT2D eigenvalue weighted by atomic mass is 32.2. The van der Waals surface area contributed by atoms with Gasteiger partial charge in [-0.2, -0.15) is 0 Å². The van der Waals surface area contributed by atoms with E-state index >= 15 is 0 Å². The lowest BCUT2D eigenvalue weighted by Crippen LogP contribution is -2.65. The van der Waals surface area contributed by atoms with E-state index in [0.717, 1.165) is 57.9 Å². The lowest BCUT2D eigenvalue weighted by atomic mass is 9.39. The van der Waals surface area contributed by atoms with Crippen molar-refractivity contribution in [3.63, 3.8) is 0 Å². The van der Waals surface area contributed by atoms with Crippen LogP contribution in [0.2, 0.25) is 0 Å². The van der Waals surface area contributed by atoms with Gasteiger partial charge in [0.15, 0.2) is 0 Å². The van der Waals surface area contributed by atoms with Crippen LogP contribution in [0.25, 0.3) is 0 Å². The number of quaternary nitrogens is 1. The van der Waals surface area contributed by atoms with Crippen LogP contribution in [0, 0.1) is 45.8 Å². The van der Waals surface area contributed by atoms with E-state index in [0.29, 0.717) is 42.8 Å². The minimum atomic E-state index is -4.18. The van der Waals surface area contributed by atoms with Crippen molar-refractivity contribution in [3.05, 3.63) is 0 Å². The molecule has 250 valence electrons. The van der Waals surface area contributed by atoms with Crippen LogP contribution < -0.4 is 5.32 Å². The molecule has 4 rings (SSSR count). The highest BCUT2D eigenvalue weighted by Gasteiger charge is 2.68. The van der Waals surface area contributed by atoms with Crippen molar-refractivity contribution in [1.82, 2.24) is 5.32 Å². The molecule has 11 atom stereocenters. The summed E-state index contributed by atoms with van der Waals surface area (Å²) in [5.41, 5.74) is -0.385. The first-order valence-corrected chi connectivity index (χ1v) is 18.5. The predicted molar refractivity (Wildman–Crippen MR) is 166 cm³/mol. The summed E-state index contributed by atoms with van der Waals surface area (Å²) in [5.74, 6) is 0.978. The summed E-state index contributed by atoms with van der Waals surface area (Å²) in [6.45, 7) is 11.0. The fraction of sp³-hybridized carbons (Fsp3) is 0.970. The molecule has 1 amide bonds. The van der Waals surface area contributed by atoms with Crippen LogP contribution in [0.15, 0.2) is 0 Å². The highest BCUT2D eigenvalue weighted by molar-refractivity contribution is 7.85. The lowest BCUT2D eigenvalue weighted by Gasteiger charge is -2.67. The van der Waals surface area contributed by atoms with E-state index in [1.54, 1.807) is 0 Å². The number of amides is 1. The molecular weight excluding hydrogens is 568 g/mol. The first-order chi connectivity index (χ1) is 19.8. The van der Waals surface area contributed by atoms with Crippen molar-refractivity contribution in [1.29, 1.82) is 0 Å². The van der Waals surface area contributed by atoms with Gasteiger partial charge in [-0.25, -0.2) is 8.42 Å². The van der Waals surface area contributed by atoms with Gasteiger partial charge in [-0.3, -0.25) is 4.79 Å². The number of hydrogen-bond acceptors (Lipinski definition) is 7. The van der Waals surface area contributed by atoms with Crippen LogP contribution in [0.5, 0.6) is 0 Å². The van der Waals surface area contributed by atoms with Gasteiger partial charge >= 0.3 is 0 Å². The van der Waals surface area contributed by atoms with Crippen molar-refractivity contribution in [2.24, 2.45) is 45.8 Å². The number of carbonyl (C=O) groups is 1. The minimum Gasteiger partial charge on any atom is -0.748 e. The first kappa shape index (κ1) is 35.1. The van der Waals surface area contributed by atoms with Crippen molar-refractivity contribution in [3.8, 4) is 0 Å². The number of aliphatic hydroxyl groups excluding tert-OH is 3. The topological polar surface area (TPSA) is 147 Å². The van der Waals surface area contributed by atoms with E-state index in [9.17, 15) is 33.1 Å². The molecule has 4 fully saturated rings. The molecule has 10 heteroatoms. The Morgan fingerprint density at radius 2 is 1.70 bits per heavy atom.